The molecule has 0 saturated carbocycles. The Morgan fingerprint density at radius 1 is 1.00 bits per heavy atom. The van der Waals surface area contributed by atoms with E-state index in [1.54, 1.807) is 0 Å². The van der Waals surface area contributed by atoms with Crippen molar-refractivity contribution in [2.24, 2.45) is 0 Å². The number of hydrogen-bond donors (Lipinski definition) is 0. The molecule has 0 N–H and O–H groups in total. The molecule has 0 spiro atoms. The Kier molecular flexibility index (Phi) is 5.48. The van der Waals surface area contributed by atoms with Crippen LogP contribution in [0.1, 0.15) is 52.4 Å². The summed E-state index contributed by atoms with van der Waals surface area (Å²) in [6.07, 6.45) is 3.43. The second-order valence-electron chi connectivity index (χ2n) is 9.00. The Morgan fingerprint density at radius 2 is 1.81 bits per heavy atom. The van der Waals surface area contributed by atoms with Crippen molar-refractivity contribution in [3.8, 4) is 0 Å². The van der Waals surface area contributed by atoms with E-state index >= 15 is 0 Å². The van der Waals surface area contributed by atoms with Gasteiger partial charge in [0.2, 0.25) is 0 Å². The quantitative estimate of drug-likeness (QED) is 0.353. The molecule has 2 heterocycles. The molecule has 160 valence electrons. The van der Waals surface area contributed by atoms with Crippen molar-refractivity contribution in [1.29, 1.82) is 0 Å². The number of hydrogen-bond acceptors (Lipinski definition) is 3. The van der Waals surface area contributed by atoms with Crippen molar-refractivity contribution in [3.63, 3.8) is 0 Å². The summed E-state index contributed by atoms with van der Waals surface area (Å²) in [6.45, 7) is 6.13. The van der Waals surface area contributed by atoms with Gasteiger partial charge in [0.1, 0.15) is 0 Å². The lowest BCUT2D eigenvalue weighted by Crippen LogP contribution is -2.30. The van der Waals surface area contributed by atoms with Crippen molar-refractivity contribution in [1.82, 2.24) is 4.98 Å². The zero-order valence-corrected chi connectivity index (χ0v) is 18.7. The maximum Gasteiger partial charge on any atom is 0.167 e. The standard InChI is InChI=1S/C29H28N2O/c1-20(2)22-12-10-21(11-13-22)16-29(32)23-6-5-7-25(17-23)31-15-14-26-24(19-31)18-30-28-9-4-3-8-27(26)28/h3-13,17-18,20H,14-16,19H2,1-2H3. The highest BCUT2D eigenvalue weighted by Gasteiger charge is 2.20. The van der Waals surface area contributed by atoms with Gasteiger partial charge in [-0.1, -0.05) is 68.4 Å². The Morgan fingerprint density at radius 3 is 2.62 bits per heavy atom. The van der Waals surface area contributed by atoms with Gasteiger partial charge in [-0.15, -0.1) is 0 Å². The lowest BCUT2D eigenvalue weighted by atomic mass is 9.96. The van der Waals surface area contributed by atoms with E-state index in [0.29, 0.717) is 12.3 Å². The number of carbonyl (C=O) groups is 1. The van der Waals surface area contributed by atoms with Gasteiger partial charge in [0, 0.05) is 42.3 Å². The minimum absolute atomic E-state index is 0.161. The second kappa shape index (κ2) is 8.58. The smallest absolute Gasteiger partial charge is 0.167 e. The summed E-state index contributed by atoms with van der Waals surface area (Å²) in [4.78, 5) is 20.0. The van der Waals surface area contributed by atoms with Crippen molar-refractivity contribution >= 4 is 22.4 Å². The number of para-hydroxylation sites is 1. The molecule has 0 atom stereocenters. The number of ketones is 1. The predicted octanol–water partition coefficient (Wildman–Crippen LogP) is 6.35. The number of pyridine rings is 1. The van der Waals surface area contributed by atoms with Crippen LogP contribution in [0.15, 0.2) is 79.0 Å². The molecule has 1 aromatic heterocycles. The number of anilines is 1. The van der Waals surface area contributed by atoms with E-state index in [-0.39, 0.29) is 5.78 Å². The molecule has 3 heteroatoms. The fraction of sp³-hybridized carbons (Fsp3) is 0.241. The van der Waals surface area contributed by atoms with E-state index in [0.717, 1.165) is 41.8 Å². The van der Waals surface area contributed by atoms with Gasteiger partial charge in [0.05, 0.1) is 5.52 Å². The molecular weight excluding hydrogens is 392 g/mol. The van der Waals surface area contributed by atoms with Gasteiger partial charge in [-0.05, 0) is 52.8 Å². The normalized spacial score (nSPS) is 13.4. The molecule has 1 aliphatic rings. The van der Waals surface area contributed by atoms with Crippen molar-refractivity contribution in [2.75, 3.05) is 11.4 Å². The van der Waals surface area contributed by atoms with E-state index < -0.39 is 0 Å². The molecule has 0 amide bonds. The topological polar surface area (TPSA) is 33.2 Å². The van der Waals surface area contributed by atoms with Crippen molar-refractivity contribution < 1.29 is 4.79 Å². The van der Waals surface area contributed by atoms with Gasteiger partial charge in [-0.2, -0.15) is 0 Å². The van der Waals surface area contributed by atoms with Crippen LogP contribution in [0.4, 0.5) is 5.69 Å². The van der Waals surface area contributed by atoms with Crippen LogP contribution in [-0.4, -0.2) is 17.3 Å². The first-order valence-corrected chi connectivity index (χ1v) is 11.4. The number of aromatic nitrogens is 1. The maximum atomic E-state index is 13.0. The third-order valence-corrected chi connectivity index (χ3v) is 6.51. The molecule has 3 nitrogen and oxygen atoms in total. The van der Waals surface area contributed by atoms with Gasteiger partial charge in [0.25, 0.3) is 0 Å². The third-order valence-electron chi connectivity index (χ3n) is 6.51. The van der Waals surface area contributed by atoms with Gasteiger partial charge < -0.3 is 4.90 Å². The predicted molar refractivity (Wildman–Crippen MR) is 132 cm³/mol. The molecular formula is C29H28N2O. The van der Waals surface area contributed by atoms with Crippen molar-refractivity contribution in [3.05, 3.63) is 107 Å². The van der Waals surface area contributed by atoms with Crippen LogP contribution in [0, 0.1) is 0 Å². The summed E-state index contributed by atoms with van der Waals surface area (Å²) in [7, 11) is 0. The SMILES string of the molecule is CC(C)c1ccc(CC(=O)c2cccc(N3CCc4c(cnc5ccccc45)C3)c2)cc1. The number of benzene rings is 3. The molecule has 0 radical (unpaired) electrons. The Hall–Kier alpha value is -3.46. The third kappa shape index (κ3) is 4.03. The molecule has 0 saturated heterocycles. The first-order chi connectivity index (χ1) is 15.6. The second-order valence-corrected chi connectivity index (χ2v) is 9.00. The summed E-state index contributed by atoms with van der Waals surface area (Å²) in [5.41, 5.74) is 7.99. The van der Waals surface area contributed by atoms with Crippen molar-refractivity contribution in [2.45, 2.75) is 39.2 Å². The molecule has 5 rings (SSSR count). The van der Waals surface area contributed by atoms with E-state index in [1.807, 2.05) is 30.5 Å². The Bertz CT molecular complexity index is 1270. The van der Waals surface area contributed by atoms with Gasteiger partial charge >= 0.3 is 0 Å². The zero-order chi connectivity index (χ0) is 22.1. The van der Waals surface area contributed by atoms with Gasteiger partial charge in [0.15, 0.2) is 5.78 Å². The largest absolute Gasteiger partial charge is 0.367 e. The molecule has 0 bridgehead atoms. The number of nitrogens with zero attached hydrogens (tertiary/aromatic N) is 2. The summed E-state index contributed by atoms with van der Waals surface area (Å²) in [5, 5.41) is 1.26. The van der Waals surface area contributed by atoms with E-state index in [1.165, 1.54) is 22.1 Å². The van der Waals surface area contributed by atoms with Crippen LogP contribution < -0.4 is 4.90 Å². The minimum atomic E-state index is 0.161. The molecule has 3 aromatic carbocycles. The molecule has 0 aliphatic carbocycles. The Labute approximate surface area is 189 Å². The highest BCUT2D eigenvalue weighted by atomic mass is 16.1. The summed E-state index contributed by atoms with van der Waals surface area (Å²) >= 11 is 0. The molecule has 32 heavy (non-hydrogen) atoms. The number of rotatable bonds is 5. The zero-order valence-electron chi connectivity index (χ0n) is 18.7. The fourth-order valence-corrected chi connectivity index (χ4v) is 4.61. The van der Waals surface area contributed by atoms with Gasteiger partial charge in [-0.3, -0.25) is 9.78 Å². The number of carbonyl (C=O) groups excluding carboxylic acids is 1. The lowest BCUT2D eigenvalue weighted by Gasteiger charge is -2.31. The lowest BCUT2D eigenvalue weighted by molar-refractivity contribution is 0.0993. The summed E-state index contributed by atoms with van der Waals surface area (Å²) in [5.74, 6) is 0.661. The van der Waals surface area contributed by atoms with E-state index in [4.69, 9.17) is 0 Å². The summed E-state index contributed by atoms with van der Waals surface area (Å²) in [6, 6.07) is 24.9. The molecule has 0 fully saturated rings. The minimum Gasteiger partial charge on any atom is -0.367 e. The Balaban J connectivity index is 1.34. The van der Waals surface area contributed by atoms with Crippen LogP contribution >= 0.6 is 0 Å². The fourth-order valence-electron chi connectivity index (χ4n) is 4.61. The van der Waals surface area contributed by atoms with Crippen LogP contribution in [-0.2, 0) is 19.4 Å². The average Bonchev–Trinajstić information content (AvgIpc) is 2.84. The van der Waals surface area contributed by atoms with Crippen LogP contribution in [0.2, 0.25) is 0 Å². The highest BCUT2D eigenvalue weighted by molar-refractivity contribution is 5.98. The first-order valence-electron chi connectivity index (χ1n) is 11.4. The molecule has 0 unspecified atom stereocenters. The number of fused-ring (bicyclic) bond motifs is 3. The maximum absolute atomic E-state index is 13.0. The average molecular weight is 421 g/mol. The number of Topliss-reactive ketones (excluding diaryl/α,β-unsaturated/α-hetero) is 1. The van der Waals surface area contributed by atoms with Crippen LogP contribution in [0.25, 0.3) is 10.9 Å². The van der Waals surface area contributed by atoms with Crippen LogP contribution in [0.3, 0.4) is 0 Å². The first kappa shape index (κ1) is 20.4. The van der Waals surface area contributed by atoms with Crippen LogP contribution in [0.5, 0.6) is 0 Å². The summed E-state index contributed by atoms with van der Waals surface area (Å²) < 4.78 is 0. The van der Waals surface area contributed by atoms with Gasteiger partial charge in [-0.25, -0.2) is 0 Å². The monoisotopic (exact) mass is 420 g/mol. The molecule has 1 aliphatic heterocycles. The van der Waals surface area contributed by atoms with E-state index in [2.05, 4.69) is 72.3 Å². The molecule has 4 aromatic rings. The van der Waals surface area contributed by atoms with E-state index in [9.17, 15) is 4.79 Å². The highest BCUT2D eigenvalue weighted by Crippen LogP contribution is 2.29.